The van der Waals surface area contributed by atoms with Crippen molar-refractivity contribution in [3.63, 3.8) is 0 Å². The minimum atomic E-state index is 0.232. The zero-order chi connectivity index (χ0) is 8.69. The highest BCUT2D eigenvalue weighted by Gasteiger charge is 1.91. The first-order valence-corrected chi connectivity index (χ1v) is 4.04. The Morgan fingerprint density at radius 3 is 2.55 bits per heavy atom. The molecule has 0 aromatic carbocycles. The van der Waals surface area contributed by atoms with E-state index in [9.17, 15) is 0 Å². The molecule has 0 bridgehead atoms. The largest absolute Gasteiger partial charge is 0.370 e. The Bertz CT molecular complexity index is 141. The Balaban J connectivity index is 3.46. The molecule has 0 radical (unpaired) electrons. The molecule has 11 heavy (non-hydrogen) atoms. The first-order chi connectivity index (χ1) is 5.16. The van der Waals surface area contributed by atoms with Gasteiger partial charge in [-0.25, -0.2) is 0 Å². The third-order valence-electron chi connectivity index (χ3n) is 1.31. The Morgan fingerprint density at radius 2 is 2.09 bits per heavy atom. The molecule has 1 atom stereocenters. The average molecular weight is 154 g/mol. The summed E-state index contributed by atoms with van der Waals surface area (Å²) in [6.07, 6.45) is 6.36. The molecule has 0 aromatic heterocycles. The first-order valence-electron chi connectivity index (χ1n) is 4.04. The fourth-order valence-corrected chi connectivity index (χ4v) is 0.693. The van der Waals surface area contributed by atoms with Gasteiger partial charge < -0.3 is 4.74 Å². The molecule has 0 spiro atoms. The molecular formula is C10H18O. The predicted octanol–water partition coefficient (Wildman–Crippen LogP) is 2.93. The lowest BCUT2D eigenvalue weighted by Gasteiger charge is -2.05. The zero-order valence-corrected chi connectivity index (χ0v) is 7.92. The van der Waals surface area contributed by atoms with Gasteiger partial charge in [0.15, 0.2) is 0 Å². The number of allylic oxidation sites excluding steroid dienone is 2. The molecule has 64 valence electrons. The predicted molar refractivity (Wildman–Crippen MR) is 49.7 cm³/mol. The third-order valence-corrected chi connectivity index (χ3v) is 1.31. The summed E-state index contributed by atoms with van der Waals surface area (Å²) in [5.74, 6) is 0. The van der Waals surface area contributed by atoms with Crippen molar-refractivity contribution in [1.82, 2.24) is 0 Å². The Kier molecular flexibility index (Phi) is 5.86. The van der Waals surface area contributed by atoms with Crippen LogP contribution < -0.4 is 0 Å². The van der Waals surface area contributed by atoms with E-state index in [0.717, 1.165) is 0 Å². The van der Waals surface area contributed by atoms with Crippen LogP contribution in [-0.4, -0.2) is 12.7 Å². The summed E-state index contributed by atoms with van der Waals surface area (Å²) in [6.45, 7) is 8.90. The number of ether oxygens (including phenoxy) is 1. The van der Waals surface area contributed by atoms with Gasteiger partial charge in [0.25, 0.3) is 0 Å². The highest BCUT2D eigenvalue weighted by molar-refractivity contribution is 4.93. The number of rotatable bonds is 4. The molecule has 0 N–H and O–H groups in total. The molecule has 1 heteroatoms. The van der Waals surface area contributed by atoms with E-state index in [1.165, 1.54) is 5.57 Å². The van der Waals surface area contributed by atoms with Gasteiger partial charge in [0.05, 0.1) is 12.7 Å². The molecule has 1 unspecified atom stereocenters. The van der Waals surface area contributed by atoms with Crippen LogP contribution in [0.1, 0.15) is 27.7 Å². The highest BCUT2D eigenvalue weighted by atomic mass is 16.5. The second-order valence-corrected chi connectivity index (χ2v) is 2.85. The second kappa shape index (κ2) is 6.17. The minimum Gasteiger partial charge on any atom is -0.370 e. The van der Waals surface area contributed by atoms with E-state index >= 15 is 0 Å². The van der Waals surface area contributed by atoms with E-state index in [4.69, 9.17) is 4.74 Å². The van der Waals surface area contributed by atoms with Crippen molar-refractivity contribution in [2.45, 2.75) is 33.8 Å². The Labute approximate surface area is 69.8 Å². The molecule has 0 aliphatic heterocycles. The van der Waals surface area contributed by atoms with Crippen LogP contribution in [0.2, 0.25) is 0 Å². The minimum absolute atomic E-state index is 0.232. The average Bonchev–Trinajstić information content (AvgIpc) is 1.87. The van der Waals surface area contributed by atoms with Crippen LogP contribution in [0, 0.1) is 0 Å². The summed E-state index contributed by atoms with van der Waals surface area (Å²) >= 11 is 0. The van der Waals surface area contributed by atoms with Crippen LogP contribution in [0.5, 0.6) is 0 Å². The Hall–Kier alpha value is -0.560. The quantitative estimate of drug-likeness (QED) is 0.566. The van der Waals surface area contributed by atoms with Crippen molar-refractivity contribution in [3.8, 4) is 0 Å². The molecule has 0 rings (SSSR count). The molecule has 0 saturated heterocycles. The molecule has 0 fully saturated rings. The molecule has 0 aliphatic carbocycles. The molecule has 0 aliphatic rings. The fraction of sp³-hybridized carbons (Fsp3) is 0.600. The summed E-state index contributed by atoms with van der Waals surface area (Å²) in [5.41, 5.74) is 1.30. The maximum absolute atomic E-state index is 5.43. The number of hydrogen-bond donors (Lipinski definition) is 0. The van der Waals surface area contributed by atoms with Crippen LogP contribution in [0.25, 0.3) is 0 Å². The van der Waals surface area contributed by atoms with Crippen molar-refractivity contribution < 1.29 is 4.74 Å². The van der Waals surface area contributed by atoms with Gasteiger partial charge in [0.2, 0.25) is 0 Å². The van der Waals surface area contributed by atoms with Crippen LogP contribution >= 0.6 is 0 Å². The van der Waals surface area contributed by atoms with Gasteiger partial charge in [0.1, 0.15) is 0 Å². The summed E-state index contributed by atoms with van der Waals surface area (Å²) in [5, 5.41) is 0. The van der Waals surface area contributed by atoms with Gasteiger partial charge in [-0.2, -0.15) is 0 Å². The lowest BCUT2D eigenvalue weighted by atomic mass is 10.3. The summed E-state index contributed by atoms with van der Waals surface area (Å²) < 4.78 is 5.43. The van der Waals surface area contributed by atoms with Gasteiger partial charge in [-0.15, -0.1) is 0 Å². The molecule has 0 amide bonds. The van der Waals surface area contributed by atoms with E-state index in [1.54, 1.807) is 0 Å². The Morgan fingerprint density at radius 1 is 1.45 bits per heavy atom. The van der Waals surface area contributed by atoms with Gasteiger partial charge in [-0.3, -0.25) is 0 Å². The van der Waals surface area contributed by atoms with Crippen LogP contribution in [0.15, 0.2) is 23.8 Å². The van der Waals surface area contributed by atoms with Crippen LogP contribution in [0.4, 0.5) is 0 Å². The van der Waals surface area contributed by atoms with Gasteiger partial charge in [0, 0.05) is 0 Å². The molecule has 0 aromatic rings. The van der Waals surface area contributed by atoms with E-state index in [0.29, 0.717) is 6.61 Å². The van der Waals surface area contributed by atoms with Gasteiger partial charge >= 0.3 is 0 Å². The third kappa shape index (κ3) is 7.34. The van der Waals surface area contributed by atoms with Crippen molar-refractivity contribution >= 4 is 0 Å². The smallest absolute Gasteiger partial charge is 0.0731 e. The lowest BCUT2D eigenvalue weighted by molar-refractivity contribution is 0.122. The fourth-order valence-electron chi connectivity index (χ4n) is 0.693. The standard InChI is InChI=1S/C10H18O/c1-5-6-10(4)11-8-7-9(2)3/h5-7,10H,8H2,1-4H3. The van der Waals surface area contributed by atoms with Gasteiger partial charge in [-0.1, -0.05) is 23.8 Å². The first kappa shape index (κ1) is 10.4. The molecular weight excluding hydrogens is 136 g/mol. The second-order valence-electron chi connectivity index (χ2n) is 2.85. The normalized spacial score (nSPS) is 13.5. The number of hydrogen-bond acceptors (Lipinski definition) is 1. The van der Waals surface area contributed by atoms with E-state index in [1.807, 2.05) is 26.0 Å². The van der Waals surface area contributed by atoms with E-state index in [2.05, 4.69) is 19.9 Å². The zero-order valence-electron chi connectivity index (χ0n) is 7.92. The van der Waals surface area contributed by atoms with Crippen molar-refractivity contribution in [1.29, 1.82) is 0 Å². The molecule has 1 nitrogen and oxygen atoms in total. The SMILES string of the molecule is CC=CC(C)OCC=C(C)C. The maximum atomic E-state index is 5.43. The highest BCUT2D eigenvalue weighted by Crippen LogP contribution is 1.95. The molecule has 0 saturated carbocycles. The van der Waals surface area contributed by atoms with E-state index < -0.39 is 0 Å². The summed E-state index contributed by atoms with van der Waals surface area (Å²) in [6, 6.07) is 0. The monoisotopic (exact) mass is 154 g/mol. The van der Waals surface area contributed by atoms with Gasteiger partial charge in [-0.05, 0) is 27.7 Å². The van der Waals surface area contributed by atoms with Crippen molar-refractivity contribution in [3.05, 3.63) is 23.8 Å². The lowest BCUT2D eigenvalue weighted by Crippen LogP contribution is -2.03. The summed E-state index contributed by atoms with van der Waals surface area (Å²) in [4.78, 5) is 0. The van der Waals surface area contributed by atoms with E-state index in [-0.39, 0.29) is 6.10 Å². The summed E-state index contributed by atoms with van der Waals surface area (Å²) in [7, 11) is 0. The van der Waals surface area contributed by atoms with Crippen LogP contribution in [-0.2, 0) is 4.74 Å². The van der Waals surface area contributed by atoms with Crippen molar-refractivity contribution in [2.75, 3.05) is 6.61 Å². The van der Waals surface area contributed by atoms with Crippen molar-refractivity contribution in [2.24, 2.45) is 0 Å². The maximum Gasteiger partial charge on any atom is 0.0731 e. The molecule has 0 heterocycles. The van der Waals surface area contributed by atoms with Crippen LogP contribution in [0.3, 0.4) is 0 Å². The topological polar surface area (TPSA) is 9.23 Å².